The molecule has 1 amide bonds. The molecule has 0 bridgehead atoms. The third-order valence-corrected chi connectivity index (χ3v) is 3.89. The second kappa shape index (κ2) is 6.20. The summed E-state index contributed by atoms with van der Waals surface area (Å²) in [6.45, 7) is 3.43. The van der Waals surface area contributed by atoms with Gasteiger partial charge in [-0.3, -0.25) is 4.79 Å². The summed E-state index contributed by atoms with van der Waals surface area (Å²) in [6, 6.07) is 10.2. The maximum atomic E-state index is 12.4. The lowest BCUT2D eigenvalue weighted by Crippen LogP contribution is -2.53. The number of nitrogens with zero attached hydrogens (tertiary/aromatic N) is 1. The van der Waals surface area contributed by atoms with Crippen LogP contribution in [-0.4, -0.2) is 49.7 Å². The minimum absolute atomic E-state index is 0.160. The van der Waals surface area contributed by atoms with E-state index < -0.39 is 0 Å². The van der Waals surface area contributed by atoms with Crippen molar-refractivity contribution < 1.29 is 9.53 Å². The fraction of sp³-hybridized carbons (Fsp3) is 0.438. The van der Waals surface area contributed by atoms with Crippen molar-refractivity contribution in [1.29, 1.82) is 0 Å². The number of ether oxygens (including phenoxy) is 1. The number of hydrogen-bond acceptors (Lipinski definition) is 3. The quantitative estimate of drug-likeness (QED) is 0.882. The van der Waals surface area contributed by atoms with Crippen LogP contribution in [0.4, 0.5) is 0 Å². The molecule has 1 saturated heterocycles. The Morgan fingerprint density at radius 2 is 2.15 bits per heavy atom. The van der Waals surface area contributed by atoms with E-state index >= 15 is 0 Å². The average Bonchev–Trinajstić information content (AvgIpc) is 2.56. The highest BCUT2D eigenvalue weighted by atomic mass is 16.5. The zero-order chi connectivity index (χ0) is 13.8. The van der Waals surface area contributed by atoms with E-state index in [1.54, 1.807) is 0 Å². The molecular formula is C16H20N2O2. The van der Waals surface area contributed by atoms with Crippen molar-refractivity contribution >= 4 is 11.5 Å². The first kappa shape index (κ1) is 13.3. The number of benzene rings is 1. The normalized spacial score (nSPS) is 23.3. The van der Waals surface area contributed by atoms with Gasteiger partial charge >= 0.3 is 0 Å². The van der Waals surface area contributed by atoms with Gasteiger partial charge in [-0.25, -0.2) is 0 Å². The van der Waals surface area contributed by atoms with Gasteiger partial charge in [0, 0.05) is 19.6 Å². The van der Waals surface area contributed by atoms with Gasteiger partial charge in [0.2, 0.25) is 5.91 Å². The molecule has 0 aliphatic carbocycles. The summed E-state index contributed by atoms with van der Waals surface area (Å²) in [7, 11) is 0. The van der Waals surface area contributed by atoms with Gasteiger partial charge < -0.3 is 15.0 Å². The molecule has 4 heteroatoms. The van der Waals surface area contributed by atoms with E-state index in [2.05, 4.69) is 35.7 Å². The van der Waals surface area contributed by atoms with Crippen LogP contribution in [0.15, 0.2) is 36.4 Å². The van der Waals surface area contributed by atoms with E-state index in [9.17, 15) is 4.79 Å². The van der Waals surface area contributed by atoms with Crippen LogP contribution >= 0.6 is 0 Å². The van der Waals surface area contributed by atoms with Gasteiger partial charge in [-0.1, -0.05) is 36.4 Å². The van der Waals surface area contributed by atoms with Crippen molar-refractivity contribution in [3.05, 3.63) is 42.0 Å². The lowest BCUT2D eigenvalue weighted by molar-refractivity contribution is -0.135. The number of morpholine rings is 1. The summed E-state index contributed by atoms with van der Waals surface area (Å²) in [5.41, 5.74) is 2.60. The van der Waals surface area contributed by atoms with Gasteiger partial charge in [0.15, 0.2) is 0 Å². The fourth-order valence-corrected chi connectivity index (χ4v) is 2.73. The van der Waals surface area contributed by atoms with Crippen molar-refractivity contribution in [2.45, 2.75) is 12.5 Å². The molecule has 0 radical (unpaired) electrons. The molecule has 3 rings (SSSR count). The maximum Gasteiger partial charge on any atom is 0.242 e. The smallest absolute Gasteiger partial charge is 0.242 e. The molecule has 4 nitrogen and oxygen atoms in total. The van der Waals surface area contributed by atoms with Crippen molar-refractivity contribution in [2.75, 3.05) is 32.8 Å². The topological polar surface area (TPSA) is 41.6 Å². The van der Waals surface area contributed by atoms with Crippen molar-refractivity contribution in [1.82, 2.24) is 10.2 Å². The second-order valence-electron chi connectivity index (χ2n) is 5.21. The van der Waals surface area contributed by atoms with E-state index in [4.69, 9.17) is 4.74 Å². The Labute approximate surface area is 119 Å². The van der Waals surface area contributed by atoms with Gasteiger partial charge in [0.25, 0.3) is 0 Å². The Kier molecular flexibility index (Phi) is 4.14. The molecule has 0 saturated carbocycles. The summed E-state index contributed by atoms with van der Waals surface area (Å²) in [6.07, 6.45) is 3.09. The molecule has 1 aromatic rings. The molecule has 1 unspecified atom stereocenters. The predicted molar refractivity (Wildman–Crippen MR) is 78.2 cm³/mol. The molecule has 20 heavy (non-hydrogen) atoms. The molecule has 2 heterocycles. The average molecular weight is 272 g/mol. The number of amides is 1. The van der Waals surface area contributed by atoms with E-state index in [0.717, 1.165) is 19.5 Å². The largest absolute Gasteiger partial charge is 0.378 e. The van der Waals surface area contributed by atoms with Gasteiger partial charge in [0.05, 0.1) is 13.2 Å². The van der Waals surface area contributed by atoms with Gasteiger partial charge in [-0.05, 0) is 17.6 Å². The number of carbonyl (C=O) groups is 1. The second-order valence-corrected chi connectivity index (χ2v) is 5.21. The molecule has 1 N–H and O–H groups in total. The zero-order valence-corrected chi connectivity index (χ0v) is 11.5. The van der Waals surface area contributed by atoms with Crippen molar-refractivity contribution in [2.24, 2.45) is 0 Å². The van der Waals surface area contributed by atoms with Crippen molar-refractivity contribution in [3.63, 3.8) is 0 Å². The lowest BCUT2D eigenvalue weighted by atomic mass is 9.99. The van der Waals surface area contributed by atoms with Gasteiger partial charge in [-0.15, -0.1) is 0 Å². The number of carbonyl (C=O) groups excluding carboxylic acids is 1. The molecular weight excluding hydrogens is 252 g/mol. The standard InChI is InChI=1S/C16H20N2O2/c19-16(15-12-20-11-8-17-15)18-9-6-14(7-10-18)13-4-2-1-3-5-13/h1-6,15,17H,7-12H2. The summed E-state index contributed by atoms with van der Waals surface area (Å²) >= 11 is 0. The number of nitrogens with one attached hydrogen (secondary N) is 1. The van der Waals surface area contributed by atoms with Crippen LogP contribution in [0.3, 0.4) is 0 Å². The molecule has 0 spiro atoms. The highest BCUT2D eigenvalue weighted by molar-refractivity contribution is 5.83. The minimum Gasteiger partial charge on any atom is -0.378 e. The van der Waals surface area contributed by atoms with Crippen LogP contribution in [0.2, 0.25) is 0 Å². The number of hydrogen-bond donors (Lipinski definition) is 1. The zero-order valence-electron chi connectivity index (χ0n) is 11.5. The van der Waals surface area contributed by atoms with Gasteiger partial charge in [0.1, 0.15) is 6.04 Å². The lowest BCUT2D eigenvalue weighted by Gasteiger charge is -2.32. The molecule has 2 aliphatic rings. The maximum absolute atomic E-state index is 12.4. The molecule has 2 aliphatic heterocycles. The van der Waals surface area contributed by atoms with Crippen LogP contribution in [-0.2, 0) is 9.53 Å². The first-order valence-corrected chi connectivity index (χ1v) is 7.19. The molecule has 0 aromatic heterocycles. The first-order valence-electron chi connectivity index (χ1n) is 7.19. The Balaban J connectivity index is 1.62. The monoisotopic (exact) mass is 272 g/mol. The Bertz CT molecular complexity index is 492. The summed E-state index contributed by atoms with van der Waals surface area (Å²) in [4.78, 5) is 14.3. The molecule has 1 fully saturated rings. The molecule has 106 valence electrons. The van der Waals surface area contributed by atoms with E-state index in [1.165, 1.54) is 11.1 Å². The minimum atomic E-state index is -0.171. The number of rotatable bonds is 2. The summed E-state index contributed by atoms with van der Waals surface area (Å²) in [5.74, 6) is 0.160. The Morgan fingerprint density at radius 3 is 2.80 bits per heavy atom. The van der Waals surface area contributed by atoms with E-state index in [0.29, 0.717) is 19.8 Å². The third kappa shape index (κ3) is 2.92. The van der Waals surface area contributed by atoms with Crippen LogP contribution in [0.25, 0.3) is 5.57 Å². The van der Waals surface area contributed by atoms with Crippen LogP contribution in [0.1, 0.15) is 12.0 Å². The molecule has 1 aromatic carbocycles. The summed E-state index contributed by atoms with van der Waals surface area (Å²) in [5, 5.41) is 3.22. The predicted octanol–water partition coefficient (Wildman–Crippen LogP) is 1.29. The fourth-order valence-electron chi connectivity index (χ4n) is 2.73. The highest BCUT2D eigenvalue weighted by Crippen LogP contribution is 2.22. The van der Waals surface area contributed by atoms with Crippen molar-refractivity contribution in [3.8, 4) is 0 Å². The van der Waals surface area contributed by atoms with Crippen LogP contribution in [0, 0.1) is 0 Å². The third-order valence-electron chi connectivity index (χ3n) is 3.89. The Morgan fingerprint density at radius 1 is 1.30 bits per heavy atom. The SMILES string of the molecule is O=C(C1COCCN1)N1CC=C(c2ccccc2)CC1. The molecule has 1 atom stereocenters. The first-order chi connectivity index (χ1) is 9.84. The highest BCUT2D eigenvalue weighted by Gasteiger charge is 2.27. The van der Waals surface area contributed by atoms with Crippen LogP contribution < -0.4 is 5.32 Å². The van der Waals surface area contributed by atoms with Crippen LogP contribution in [0.5, 0.6) is 0 Å². The summed E-state index contributed by atoms with van der Waals surface area (Å²) < 4.78 is 5.36. The van der Waals surface area contributed by atoms with E-state index in [1.807, 2.05) is 11.0 Å². The Hall–Kier alpha value is -1.65. The van der Waals surface area contributed by atoms with Gasteiger partial charge in [-0.2, -0.15) is 0 Å². The van der Waals surface area contributed by atoms with E-state index in [-0.39, 0.29) is 11.9 Å².